The molecule has 182 valence electrons. The van der Waals surface area contributed by atoms with Crippen LogP contribution in [0, 0.1) is 11.3 Å². The SMILES string of the molecule is N#Cc1nn(-c2cc(Cl)c(Oc3n[nH]c(=O)c4c3CCCC4OC(F)(F)F)c(Cl)c2)c(=O)[nH]c1=O. The van der Waals surface area contributed by atoms with E-state index in [-0.39, 0.29) is 57.8 Å². The summed E-state index contributed by atoms with van der Waals surface area (Å²) in [4.78, 5) is 37.8. The molecule has 1 aromatic carbocycles. The van der Waals surface area contributed by atoms with Gasteiger partial charge in [-0.25, -0.2) is 9.89 Å². The van der Waals surface area contributed by atoms with Gasteiger partial charge in [-0.1, -0.05) is 23.2 Å². The summed E-state index contributed by atoms with van der Waals surface area (Å²) in [5, 5.41) is 18.1. The lowest BCUT2D eigenvalue weighted by Gasteiger charge is -2.26. The zero-order valence-electron chi connectivity index (χ0n) is 17.1. The van der Waals surface area contributed by atoms with Gasteiger partial charge in [0.05, 0.1) is 27.4 Å². The third-order valence-corrected chi connectivity index (χ3v) is 5.50. The van der Waals surface area contributed by atoms with Crippen LogP contribution in [0.15, 0.2) is 26.5 Å². The summed E-state index contributed by atoms with van der Waals surface area (Å²) >= 11 is 12.5. The number of nitrogens with one attached hydrogen (secondary N) is 2. The van der Waals surface area contributed by atoms with E-state index in [0.717, 1.165) is 0 Å². The van der Waals surface area contributed by atoms with E-state index in [1.807, 2.05) is 4.98 Å². The second kappa shape index (κ2) is 9.17. The van der Waals surface area contributed by atoms with Crippen molar-refractivity contribution in [2.24, 2.45) is 0 Å². The quantitative estimate of drug-likeness (QED) is 0.521. The van der Waals surface area contributed by atoms with Gasteiger partial charge in [0, 0.05) is 5.56 Å². The number of benzene rings is 1. The van der Waals surface area contributed by atoms with E-state index in [0.29, 0.717) is 4.68 Å². The van der Waals surface area contributed by atoms with Crippen LogP contribution in [0.5, 0.6) is 11.6 Å². The highest BCUT2D eigenvalue weighted by atomic mass is 35.5. The van der Waals surface area contributed by atoms with E-state index < -0.39 is 35.0 Å². The van der Waals surface area contributed by atoms with Gasteiger partial charge in [0.1, 0.15) is 6.07 Å². The fraction of sp³-hybridized carbons (Fsp3) is 0.263. The third-order valence-electron chi connectivity index (χ3n) is 4.94. The molecule has 0 radical (unpaired) electrons. The molecule has 3 aromatic rings. The molecular formula is C19H11Cl2F3N6O5. The zero-order valence-corrected chi connectivity index (χ0v) is 18.6. The molecule has 0 saturated heterocycles. The zero-order chi connectivity index (χ0) is 25.5. The van der Waals surface area contributed by atoms with Crippen LogP contribution in [0.4, 0.5) is 13.2 Å². The number of aromatic nitrogens is 5. The standard InChI is InChI=1S/C19H11Cl2F3N6O5/c20-9-4-7(30-18(33)26-15(31)11(6-25)29-30)5-10(21)14(9)34-17-8-2-1-3-12(35-19(22,23)24)13(8)16(32)27-28-17/h4-5,12H,1-3H2,(H,27,32)(H,26,31,33). The van der Waals surface area contributed by atoms with Gasteiger partial charge in [0.2, 0.25) is 11.6 Å². The first-order valence-electron chi connectivity index (χ1n) is 9.65. The Balaban J connectivity index is 1.75. The molecule has 2 N–H and O–H groups in total. The molecule has 0 fully saturated rings. The largest absolute Gasteiger partial charge is 0.523 e. The van der Waals surface area contributed by atoms with E-state index >= 15 is 0 Å². The minimum atomic E-state index is -4.96. The van der Waals surface area contributed by atoms with Gasteiger partial charge in [0.25, 0.3) is 11.1 Å². The molecule has 1 unspecified atom stereocenters. The molecule has 11 nitrogen and oxygen atoms in total. The molecule has 1 atom stereocenters. The van der Waals surface area contributed by atoms with Crippen LogP contribution in [-0.4, -0.2) is 31.3 Å². The molecule has 0 aliphatic heterocycles. The first-order chi connectivity index (χ1) is 16.5. The van der Waals surface area contributed by atoms with Gasteiger partial charge in [-0.15, -0.1) is 23.4 Å². The lowest BCUT2D eigenvalue weighted by atomic mass is 9.91. The predicted octanol–water partition coefficient (Wildman–Crippen LogP) is 2.89. The van der Waals surface area contributed by atoms with Crippen molar-refractivity contribution in [3.63, 3.8) is 0 Å². The lowest BCUT2D eigenvalue weighted by Crippen LogP contribution is -2.33. The molecule has 16 heteroatoms. The summed E-state index contributed by atoms with van der Waals surface area (Å²) < 4.78 is 48.9. The number of fused-ring (bicyclic) bond motifs is 1. The highest BCUT2D eigenvalue weighted by Crippen LogP contribution is 2.42. The lowest BCUT2D eigenvalue weighted by molar-refractivity contribution is -0.346. The average molecular weight is 531 g/mol. The summed E-state index contributed by atoms with van der Waals surface area (Å²) in [6.45, 7) is 0. The Morgan fingerprint density at radius 2 is 1.86 bits per heavy atom. The number of ether oxygens (including phenoxy) is 2. The van der Waals surface area contributed by atoms with Gasteiger partial charge in [0.15, 0.2) is 5.75 Å². The summed E-state index contributed by atoms with van der Waals surface area (Å²) in [5.74, 6) is -0.423. The molecule has 0 spiro atoms. The maximum Gasteiger partial charge on any atom is 0.523 e. The number of nitriles is 1. The average Bonchev–Trinajstić information content (AvgIpc) is 2.76. The smallest absolute Gasteiger partial charge is 0.434 e. The number of rotatable bonds is 4. The van der Waals surface area contributed by atoms with Crippen molar-refractivity contribution in [2.75, 3.05) is 0 Å². The van der Waals surface area contributed by atoms with Gasteiger partial charge in [-0.05, 0) is 31.4 Å². The molecule has 0 bridgehead atoms. The summed E-state index contributed by atoms with van der Waals surface area (Å²) in [6.07, 6.45) is -6.11. The van der Waals surface area contributed by atoms with E-state index in [1.54, 1.807) is 0 Å². The molecule has 0 amide bonds. The van der Waals surface area contributed by atoms with Crippen LogP contribution in [0.3, 0.4) is 0 Å². The van der Waals surface area contributed by atoms with Crippen LogP contribution in [0.1, 0.15) is 35.8 Å². The first-order valence-corrected chi connectivity index (χ1v) is 10.4. The highest BCUT2D eigenvalue weighted by molar-refractivity contribution is 6.37. The highest BCUT2D eigenvalue weighted by Gasteiger charge is 2.38. The Bertz CT molecular complexity index is 1520. The number of hydrogen-bond acceptors (Lipinski definition) is 8. The maximum absolute atomic E-state index is 12.8. The van der Waals surface area contributed by atoms with Crippen LogP contribution < -0.4 is 21.5 Å². The first kappa shape index (κ1) is 24.5. The normalized spacial score (nSPS) is 15.4. The topological polar surface area (TPSA) is 156 Å². The molecule has 4 rings (SSSR count). The monoisotopic (exact) mass is 530 g/mol. The Morgan fingerprint density at radius 1 is 1.17 bits per heavy atom. The molecule has 1 aliphatic carbocycles. The van der Waals surface area contributed by atoms with E-state index in [2.05, 4.69) is 20.0 Å². The van der Waals surface area contributed by atoms with Crippen molar-refractivity contribution in [1.29, 1.82) is 5.26 Å². The third kappa shape index (κ3) is 4.92. The van der Waals surface area contributed by atoms with Crippen molar-refractivity contribution in [3.8, 4) is 23.4 Å². The molecule has 2 aromatic heterocycles. The number of H-pyrrole nitrogens is 2. The Morgan fingerprint density at radius 3 is 2.49 bits per heavy atom. The van der Waals surface area contributed by atoms with Gasteiger partial charge < -0.3 is 4.74 Å². The van der Waals surface area contributed by atoms with Crippen LogP contribution >= 0.6 is 23.2 Å². The second-order valence-electron chi connectivity index (χ2n) is 7.17. The molecular weight excluding hydrogens is 520 g/mol. The molecule has 35 heavy (non-hydrogen) atoms. The molecule has 2 heterocycles. The van der Waals surface area contributed by atoms with Crippen molar-refractivity contribution in [3.05, 3.63) is 70.2 Å². The summed E-state index contributed by atoms with van der Waals surface area (Å²) in [7, 11) is 0. The second-order valence-corrected chi connectivity index (χ2v) is 7.98. The van der Waals surface area contributed by atoms with Crippen LogP contribution in [0.25, 0.3) is 5.69 Å². The Hall–Kier alpha value is -3.67. The van der Waals surface area contributed by atoms with E-state index in [4.69, 9.17) is 33.2 Å². The van der Waals surface area contributed by atoms with Crippen molar-refractivity contribution < 1.29 is 22.6 Å². The number of nitrogens with zero attached hydrogens (tertiary/aromatic N) is 4. The number of aromatic amines is 2. The van der Waals surface area contributed by atoms with Crippen molar-refractivity contribution in [2.45, 2.75) is 31.7 Å². The Labute approximate surface area is 201 Å². The van der Waals surface area contributed by atoms with Gasteiger partial charge in [-0.3, -0.25) is 19.3 Å². The Kier molecular flexibility index (Phi) is 6.41. The van der Waals surface area contributed by atoms with Crippen LogP contribution in [-0.2, 0) is 11.2 Å². The summed E-state index contributed by atoms with van der Waals surface area (Å²) in [5.41, 5.74) is -3.59. The maximum atomic E-state index is 12.8. The fourth-order valence-electron chi connectivity index (χ4n) is 3.55. The number of hydrogen-bond donors (Lipinski definition) is 2. The minimum absolute atomic E-state index is 0.0276. The van der Waals surface area contributed by atoms with Crippen LogP contribution in [0.2, 0.25) is 10.0 Å². The fourth-order valence-corrected chi connectivity index (χ4v) is 4.10. The number of alkyl halides is 3. The minimum Gasteiger partial charge on any atom is -0.434 e. The van der Waals surface area contributed by atoms with Gasteiger partial charge >= 0.3 is 12.1 Å². The van der Waals surface area contributed by atoms with Crippen molar-refractivity contribution >= 4 is 23.2 Å². The molecule has 1 aliphatic rings. The molecule has 0 saturated carbocycles. The number of halogens is 5. The van der Waals surface area contributed by atoms with E-state index in [9.17, 15) is 27.6 Å². The predicted molar refractivity (Wildman–Crippen MR) is 113 cm³/mol. The van der Waals surface area contributed by atoms with E-state index in [1.165, 1.54) is 18.2 Å². The van der Waals surface area contributed by atoms with Crippen molar-refractivity contribution in [1.82, 2.24) is 25.0 Å². The van der Waals surface area contributed by atoms with Gasteiger partial charge in [-0.2, -0.15) is 9.94 Å². The summed E-state index contributed by atoms with van der Waals surface area (Å²) in [6, 6.07) is 3.90.